The van der Waals surface area contributed by atoms with E-state index >= 15 is 0 Å². The third-order valence-electron chi connectivity index (χ3n) is 4.00. The Balaban J connectivity index is 2.04. The molecule has 2 aliphatic rings. The Kier molecular flexibility index (Phi) is 4.51. The Morgan fingerprint density at radius 2 is 2.00 bits per heavy atom. The summed E-state index contributed by atoms with van der Waals surface area (Å²) in [5.74, 6) is -1.68. The molecule has 0 aromatic carbocycles. The third-order valence-corrected chi connectivity index (χ3v) is 4.00. The van der Waals surface area contributed by atoms with E-state index in [1.165, 1.54) is 4.90 Å². The summed E-state index contributed by atoms with van der Waals surface area (Å²) in [6.07, 6.45) is -0.624. The average Bonchev–Trinajstić information content (AvgIpc) is 2.92. The van der Waals surface area contributed by atoms with Crippen molar-refractivity contribution in [2.45, 2.75) is 38.8 Å². The molecule has 0 spiro atoms. The van der Waals surface area contributed by atoms with Gasteiger partial charge in [-0.2, -0.15) is 0 Å². The summed E-state index contributed by atoms with van der Waals surface area (Å²) >= 11 is 0. The number of β-amino-alcohol motifs (C(OH)–C–C–N with tert-alkyl or cyclic N) is 1. The van der Waals surface area contributed by atoms with E-state index in [0.29, 0.717) is 19.0 Å². The summed E-state index contributed by atoms with van der Waals surface area (Å²) in [6.45, 7) is 4.98. The normalized spacial score (nSPS) is 29.5. The van der Waals surface area contributed by atoms with Gasteiger partial charge in [0, 0.05) is 32.5 Å². The number of nitrogens with zero attached hydrogens (tertiary/aromatic N) is 2. The van der Waals surface area contributed by atoms with Gasteiger partial charge in [-0.15, -0.1) is 0 Å². The highest BCUT2D eigenvalue weighted by molar-refractivity contribution is 5.91. The number of aliphatic carboxylic acids is 1. The monoisotopic (exact) mass is 298 g/mol. The number of amides is 2. The Hall–Kier alpha value is -1.63. The first-order valence-corrected chi connectivity index (χ1v) is 7.28. The molecule has 118 valence electrons. The summed E-state index contributed by atoms with van der Waals surface area (Å²) in [7, 11) is 0. The molecule has 3 atom stereocenters. The van der Waals surface area contributed by atoms with E-state index in [0.717, 1.165) is 0 Å². The molecule has 2 saturated heterocycles. The van der Waals surface area contributed by atoms with Crippen molar-refractivity contribution in [2.75, 3.05) is 19.6 Å². The first kappa shape index (κ1) is 15.8. The molecule has 0 aliphatic carbocycles. The molecule has 3 unspecified atom stereocenters. The number of carboxylic acids is 1. The molecule has 0 aromatic rings. The quantitative estimate of drug-likeness (QED) is 0.731. The average molecular weight is 298 g/mol. The third kappa shape index (κ3) is 3.34. The number of carboxylic acid groups (broad SMARTS) is 1. The number of carbonyl (C=O) groups is 3. The van der Waals surface area contributed by atoms with Crippen molar-refractivity contribution in [2.24, 2.45) is 11.8 Å². The first-order valence-electron chi connectivity index (χ1n) is 7.28. The van der Waals surface area contributed by atoms with Gasteiger partial charge >= 0.3 is 5.97 Å². The van der Waals surface area contributed by atoms with Gasteiger partial charge < -0.3 is 20.0 Å². The van der Waals surface area contributed by atoms with E-state index in [2.05, 4.69) is 0 Å². The Morgan fingerprint density at radius 1 is 1.33 bits per heavy atom. The predicted octanol–water partition coefficient (Wildman–Crippen LogP) is -0.463. The SMILES string of the molecule is CC(C)CN1CC(C(=O)N2CC(O)CC2C(=O)O)CC1=O. The molecule has 0 saturated carbocycles. The van der Waals surface area contributed by atoms with Crippen molar-refractivity contribution in [1.29, 1.82) is 0 Å². The van der Waals surface area contributed by atoms with Gasteiger partial charge in [0.25, 0.3) is 0 Å². The zero-order valence-electron chi connectivity index (χ0n) is 12.4. The van der Waals surface area contributed by atoms with Crippen LogP contribution in [0.1, 0.15) is 26.7 Å². The van der Waals surface area contributed by atoms with Crippen LogP contribution in [0.5, 0.6) is 0 Å². The highest BCUT2D eigenvalue weighted by atomic mass is 16.4. The maximum Gasteiger partial charge on any atom is 0.326 e. The molecule has 2 N–H and O–H groups in total. The van der Waals surface area contributed by atoms with Crippen molar-refractivity contribution in [1.82, 2.24) is 9.80 Å². The molecule has 7 heteroatoms. The Morgan fingerprint density at radius 3 is 2.57 bits per heavy atom. The summed E-state index contributed by atoms with van der Waals surface area (Å²) in [5.41, 5.74) is 0. The number of aliphatic hydroxyl groups excluding tert-OH is 1. The van der Waals surface area contributed by atoms with Crippen LogP contribution in [0.4, 0.5) is 0 Å². The van der Waals surface area contributed by atoms with Gasteiger partial charge in [-0.05, 0) is 5.92 Å². The van der Waals surface area contributed by atoms with E-state index in [9.17, 15) is 19.5 Å². The van der Waals surface area contributed by atoms with Crippen LogP contribution in [-0.4, -0.2) is 69.6 Å². The van der Waals surface area contributed by atoms with E-state index < -0.39 is 24.0 Å². The highest BCUT2D eigenvalue weighted by Crippen LogP contribution is 2.26. The lowest BCUT2D eigenvalue weighted by atomic mass is 10.1. The highest BCUT2D eigenvalue weighted by Gasteiger charge is 2.44. The molecule has 21 heavy (non-hydrogen) atoms. The lowest BCUT2D eigenvalue weighted by Crippen LogP contribution is -2.44. The van der Waals surface area contributed by atoms with E-state index in [4.69, 9.17) is 5.11 Å². The molecule has 2 heterocycles. The topological polar surface area (TPSA) is 98.2 Å². The number of likely N-dealkylation sites (tertiary alicyclic amines) is 2. The second kappa shape index (κ2) is 6.01. The Labute approximate surface area is 123 Å². The zero-order valence-corrected chi connectivity index (χ0v) is 12.4. The maximum absolute atomic E-state index is 12.5. The van der Waals surface area contributed by atoms with Crippen LogP contribution in [0, 0.1) is 11.8 Å². The van der Waals surface area contributed by atoms with E-state index in [1.807, 2.05) is 13.8 Å². The van der Waals surface area contributed by atoms with Crippen molar-refractivity contribution in [3.8, 4) is 0 Å². The molecule has 0 aromatic heterocycles. The van der Waals surface area contributed by atoms with Crippen LogP contribution in [0.25, 0.3) is 0 Å². The second-order valence-corrected chi connectivity index (χ2v) is 6.33. The molecule has 2 rings (SSSR count). The molecule has 0 radical (unpaired) electrons. The fourth-order valence-electron chi connectivity index (χ4n) is 3.08. The number of hydrogen-bond acceptors (Lipinski definition) is 4. The van der Waals surface area contributed by atoms with E-state index in [1.54, 1.807) is 4.90 Å². The first-order chi connectivity index (χ1) is 9.79. The largest absolute Gasteiger partial charge is 0.480 e. The molecule has 2 amide bonds. The summed E-state index contributed by atoms with van der Waals surface area (Å²) < 4.78 is 0. The molecular weight excluding hydrogens is 276 g/mol. The van der Waals surface area contributed by atoms with Gasteiger partial charge in [0.1, 0.15) is 6.04 Å². The number of carbonyl (C=O) groups excluding carboxylic acids is 2. The maximum atomic E-state index is 12.5. The van der Waals surface area contributed by atoms with Crippen LogP contribution in [0.15, 0.2) is 0 Å². The molecule has 2 aliphatic heterocycles. The van der Waals surface area contributed by atoms with Crippen molar-refractivity contribution in [3.63, 3.8) is 0 Å². The van der Waals surface area contributed by atoms with Gasteiger partial charge in [0.05, 0.1) is 12.0 Å². The molecular formula is C14H22N2O5. The van der Waals surface area contributed by atoms with Crippen LogP contribution >= 0.6 is 0 Å². The minimum absolute atomic E-state index is 0.0324. The minimum atomic E-state index is -1.11. The minimum Gasteiger partial charge on any atom is -0.480 e. The number of aliphatic hydroxyl groups is 1. The Bertz CT molecular complexity index is 451. The van der Waals surface area contributed by atoms with Crippen LogP contribution < -0.4 is 0 Å². The fraction of sp³-hybridized carbons (Fsp3) is 0.786. The molecule has 0 bridgehead atoms. The smallest absolute Gasteiger partial charge is 0.326 e. The van der Waals surface area contributed by atoms with Gasteiger partial charge in [-0.1, -0.05) is 13.8 Å². The van der Waals surface area contributed by atoms with Crippen LogP contribution in [-0.2, 0) is 14.4 Å². The zero-order chi connectivity index (χ0) is 15.7. The van der Waals surface area contributed by atoms with Crippen molar-refractivity contribution >= 4 is 17.8 Å². The fourth-order valence-corrected chi connectivity index (χ4v) is 3.08. The molecule has 7 nitrogen and oxygen atoms in total. The standard InChI is InChI=1S/C14H22N2O5/c1-8(2)5-15-6-9(3-12(15)18)13(19)16-7-10(17)4-11(16)14(20)21/h8-11,17H,3-7H2,1-2H3,(H,20,21). The number of hydrogen-bond donors (Lipinski definition) is 2. The summed E-state index contributed by atoms with van der Waals surface area (Å²) in [4.78, 5) is 38.4. The second-order valence-electron chi connectivity index (χ2n) is 6.33. The van der Waals surface area contributed by atoms with Crippen LogP contribution in [0.2, 0.25) is 0 Å². The number of rotatable bonds is 4. The van der Waals surface area contributed by atoms with Crippen molar-refractivity contribution in [3.05, 3.63) is 0 Å². The summed E-state index contributed by atoms with van der Waals surface area (Å²) in [6, 6.07) is -0.984. The van der Waals surface area contributed by atoms with Gasteiger partial charge in [-0.25, -0.2) is 4.79 Å². The van der Waals surface area contributed by atoms with Gasteiger partial charge in [0.15, 0.2) is 0 Å². The van der Waals surface area contributed by atoms with Gasteiger partial charge in [-0.3, -0.25) is 9.59 Å². The molecule has 2 fully saturated rings. The van der Waals surface area contributed by atoms with Gasteiger partial charge in [0.2, 0.25) is 11.8 Å². The lowest BCUT2D eigenvalue weighted by molar-refractivity contribution is -0.149. The van der Waals surface area contributed by atoms with Crippen molar-refractivity contribution < 1.29 is 24.6 Å². The van der Waals surface area contributed by atoms with E-state index in [-0.39, 0.29) is 31.2 Å². The summed E-state index contributed by atoms with van der Waals surface area (Å²) in [5, 5.41) is 18.7. The lowest BCUT2D eigenvalue weighted by Gasteiger charge is -2.24. The van der Waals surface area contributed by atoms with Crippen LogP contribution in [0.3, 0.4) is 0 Å². The predicted molar refractivity (Wildman–Crippen MR) is 73.3 cm³/mol.